The van der Waals surface area contributed by atoms with Crippen molar-refractivity contribution in [3.63, 3.8) is 0 Å². The van der Waals surface area contributed by atoms with Crippen molar-refractivity contribution in [2.75, 3.05) is 18.0 Å². The van der Waals surface area contributed by atoms with Crippen LogP contribution in [-0.2, 0) is 6.54 Å². The van der Waals surface area contributed by atoms with Gasteiger partial charge in [0.05, 0.1) is 5.56 Å². The number of anilines is 1. The largest absolute Gasteiger partial charge is 0.345 e. The smallest absolute Gasteiger partial charge is 0.324 e. The average Bonchev–Trinajstić information content (AvgIpc) is 2.94. The molecule has 1 saturated heterocycles. The van der Waals surface area contributed by atoms with Crippen molar-refractivity contribution in [1.29, 1.82) is 0 Å². The minimum Gasteiger partial charge on any atom is -0.324 e. The summed E-state index contributed by atoms with van der Waals surface area (Å²) in [6, 6.07) is 19.4. The summed E-state index contributed by atoms with van der Waals surface area (Å²) in [6.45, 7) is 5.26. The Morgan fingerprint density at radius 1 is 0.903 bits per heavy atom. The first-order valence-corrected chi connectivity index (χ1v) is 12.2. The number of aromatic nitrogens is 2. The van der Waals surface area contributed by atoms with Gasteiger partial charge in [0.15, 0.2) is 0 Å². The summed E-state index contributed by atoms with van der Waals surface area (Å²) in [6.07, 6.45) is 5.24. The van der Waals surface area contributed by atoms with Crippen LogP contribution in [0.25, 0.3) is 11.4 Å². The van der Waals surface area contributed by atoms with Gasteiger partial charge in [-0.15, -0.1) is 10.2 Å². The lowest BCUT2D eigenvalue weighted by Gasteiger charge is -2.17. The van der Waals surface area contributed by atoms with Crippen LogP contribution in [0, 0.1) is 17.2 Å². The zero-order chi connectivity index (χ0) is 22.3. The normalized spacial score (nSPS) is 14.5. The number of benzene rings is 2. The maximum Gasteiger partial charge on any atom is 0.345 e. The van der Waals surface area contributed by atoms with E-state index < -0.39 is 10.2 Å². The minimum absolute atomic E-state index is 0.871. The van der Waals surface area contributed by atoms with Crippen molar-refractivity contribution in [2.45, 2.75) is 39.2 Å². The van der Waals surface area contributed by atoms with Gasteiger partial charge in [-0.1, -0.05) is 60.9 Å². The predicted molar refractivity (Wildman–Crippen MR) is 109 cm³/mol. The van der Waals surface area contributed by atoms with E-state index in [4.69, 9.17) is 23.6 Å². The Morgan fingerprint density at radius 2 is 1.48 bits per heavy atom. The molecular weight excluding hydrogens is 438 g/mol. The molecule has 0 aliphatic carbocycles. The molecule has 0 radical (unpaired) electrons. The van der Waals surface area contributed by atoms with E-state index in [-0.39, 0.29) is 0 Å². The highest BCUT2D eigenvalue weighted by Crippen LogP contribution is 2.25. The van der Waals surface area contributed by atoms with Crippen molar-refractivity contribution in [3.05, 3.63) is 65.7 Å². The molecule has 0 amide bonds. The van der Waals surface area contributed by atoms with Crippen molar-refractivity contribution in [1.82, 2.24) is 4.98 Å². The predicted octanol–water partition coefficient (Wildman–Crippen LogP) is 0.0787. The van der Waals surface area contributed by atoms with Gasteiger partial charge in [-0.3, -0.25) is 0 Å². The molecule has 2 aromatic carbocycles. The van der Waals surface area contributed by atoms with E-state index in [0.717, 1.165) is 25.5 Å². The van der Waals surface area contributed by atoms with Gasteiger partial charge in [-0.2, -0.15) is 3.96 Å². The van der Waals surface area contributed by atoms with Crippen LogP contribution in [0.2, 0.25) is 0 Å². The third-order valence-electron chi connectivity index (χ3n) is 4.98. The van der Waals surface area contributed by atoms with Gasteiger partial charge in [0.25, 0.3) is 0 Å². The summed E-state index contributed by atoms with van der Waals surface area (Å²) in [7, 11) is -4.94. The maximum absolute atomic E-state index is 8.49. The van der Waals surface area contributed by atoms with E-state index in [2.05, 4.69) is 70.4 Å². The molecule has 7 nitrogen and oxygen atoms in total. The molecule has 4 rings (SSSR count). The van der Waals surface area contributed by atoms with Crippen LogP contribution < -0.4 is 27.5 Å². The highest BCUT2D eigenvalue weighted by Gasteiger charge is 2.27. The first-order valence-electron chi connectivity index (χ1n) is 10.2. The molecule has 0 saturated carbocycles. The van der Waals surface area contributed by atoms with Gasteiger partial charge in [0.1, 0.15) is 18.1 Å². The van der Waals surface area contributed by atoms with Crippen LogP contribution in [0.1, 0.15) is 36.8 Å². The van der Waals surface area contributed by atoms with E-state index in [0.29, 0.717) is 0 Å². The van der Waals surface area contributed by atoms with Gasteiger partial charge in [-0.05, 0) is 42.4 Å². The topological polar surface area (TPSA) is 112 Å². The molecular formula is C22H26ClN3O4S. The van der Waals surface area contributed by atoms with Crippen LogP contribution in [0.15, 0.2) is 54.6 Å². The molecule has 0 unspecified atom stereocenters. The molecule has 0 N–H and O–H groups in total. The molecule has 166 valence electrons. The fourth-order valence-corrected chi connectivity index (χ4v) is 4.54. The second kappa shape index (κ2) is 11.0. The van der Waals surface area contributed by atoms with Gasteiger partial charge in [-0.25, -0.2) is 18.6 Å². The molecule has 2 heterocycles. The maximum atomic E-state index is 8.49. The Bertz CT molecular complexity index is 932. The summed E-state index contributed by atoms with van der Waals surface area (Å²) in [4.78, 5) is 7.56. The molecule has 9 heteroatoms. The molecule has 0 atom stereocenters. The zero-order valence-corrected chi connectivity index (χ0v) is 19.0. The molecule has 1 aromatic heterocycles. The van der Waals surface area contributed by atoms with Gasteiger partial charge >= 0.3 is 11.0 Å². The average molecular weight is 464 g/mol. The standard InChI is InChI=1S/C22H26N3S.ClHO4/c1-18-11-13-20(14-12-18)21-23-22(24-15-7-2-3-8-16-24)26-25(21)17-19-9-5-4-6-10-19;2-1(3,4)5/h4-6,9-14H,2-3,7-8,15-17H2,1H3;(H,2,3,4,5)/q+1;/p-1. The molecule has 1 fully saturated rings. The van der Waals surface area contributed by atoms with Crippen molar-refractivity contribution >= 4 is 16.7 Å². The number of nitrogens with zero attached hydrogens (tertiary/aromatic N) is 3. The SMILES string of the molecule is Cc1ccc(-c2nc(N3CCCCCC3)s[n+]2Cc2ccccc2)cc1.[O-][Cl+3]([O-])([O-])[O-]. The second-order valence-electron chi connectivity index (χ2n) is 7.48. The quantitative estimate of drug-likeness (QED) is 0.506. The number of hydrogen-bond acceptors (Lipinski definition) is 7. The van der Waals surface area contributed by atoms with E-state index >= 15 is 0 Å². The van der Waals surface area contributed by atoms with Crippen LogP contribution in [-0.4, -0.2) is 18.1 Å². The lowest BCUT2D eigenvalue weighted by molar-refractivity contribution is -2.00. The number of aryl methyl sites for hydroxylation is 1. The van der Waals surface area contributed by atoms with Crippen LogP contribution in [0.4, 0.5) is 5.13 Å². The first-order chi connectivity index (χ1) is 14.8. The van der Waals surface area contributed by atoms with E-state index in [1.807, 2.05) is 0 Å². The summed E-state index contributed by atoms with van der Waals surface area (Å²) >= 11 is 1.80. The number of hydrogen-bond donors (Lipinski definition) is 0. The Morgan fingerprint density at radius 3 is 2.06 bits per heavy atom. The van der Waals surface area contributed by atoms with Gasteiger partial charge in [0, 0.05) is 13.1 Å². The highest BCUT2D eigenvalue weighted by molar-refractivity contribution is 7.06. The lowest BCUT2D eigenvalue weighted by Crippen LogP contribution is -2.68. The van der Waals surface area contributed by atoms with Crippen molar-refractivity contribution in [3.8, 4) is 11.4 Å². The van der Waals surface area contributed by atoms with E-state index in [9.17, 15) is 0 Å². The van der Waals surface area contributed by atoms with Crippen LogP contribution in [0.3, 0.4) is 0 Å². The summed E-state index contributed by atoms with van der Waals surface area (Å²) in [5.41, 5.74) is 3.80. The minimum atomic E-state index is -4.94. The number of rotatable bonds is 4. The van der Waals surface area contributed by atoms with Gasteiger partial charge in [0.2, 0.25) is 0 Å². The summed E-state index contributed by atoms with van der Waals surface area (Å²) in [5, 5.41) is 1.17. The fourth-order valence-electron chi connectivity index (χ4n) is 3.47. The van der Waals surface area contributed by atoms with E-state index in [1.54, 1.807) is 11.5 Å². The number of halogens is 1. The first kappa shape index (κ1) is 23.6. The Hall–Kier alpha value is -2.07. The Balaban J connectivity index is 0.000000491. The van der Waals surface area contributed by atoms with Crippen LogP contribution in [0.5, 0.6) is 0 Å². The fraction of sp³-hybridized carbons (Fsp3) is 0.364. The van der Waals surface area contributed by atoms with Crippen molar-refractivity contribution in [2.24, 2.45) is 0 Å². The third-order valence-corrected chi connectivity index (χ3v) is 6.02. The van der Waals surface area contributed by atoms with Gasteiger partial charge < -0.3 is 4.90 Å². The molecule has 1 aliphatic heterocycles. The monoisotopic (exact) mass is 463 g/mol. The van der Waals surface area contributed by atoms with E-state index in [1.165, 1.54) is 47.5 Å². The zero-order valence-electron chi connectivity index (χ0n) is 17.4. The van der Waals surface area contributed by atoms with Crippen LogP contribution >= 0.6 is 11.5 Å². The molecule has 0 bridgehead atoms. The second-order valence-corrected chi connectivity index (χ2v) is 9.22. The third kappa shape index (κ3) is 7.84. The summed E-state index contributed by atoms with van der Waals surface area (Å²) in [5.74, 6) is 1.08. The summed E-state index contributed by atoms with van der Waals surface area (Å²) < 4.78 is 36.3. The lowest BCUT2D eigenvalue weighted by atomic mass is 10.1. The Kier molecular flexibility index (Phi) is 8.36. The van der Waals surface area contributed by atoms with Crippen molar-refractivity contribution < 1.29 is 32.8 Å². The Labute approximate surface area is 188 Å². The molecule has 31 heavy (non-hydrogen) atoms. The molecule has 0 spiro atoms. The molecule has 1 aliphatic rings. The molecule has 3 aromatic rings. The highest BCUT2D eigenvalue weighted by atomic mass is 35.7.